The maximum absolute atomic E-state index is 12.1. The number of carbonyl (C=O) groups excluding carboxylic acids is 2. The highest BCUT2D eigenvalue weighted by atomic mass is 35.5. The average Bonchev–Trinajstić information content (AvgIpc) is 3.02. The van der Waals surface area contributed by atoms with Crippen molar-refractivity contribution in [3.05, 3.63) is 59.2 Å². The standard InChI is InChI=1S/C20H20ClN3O3/c1-24-10-8-14-11-13(3-5-17(14)24)7-9-22-19(25)20(26)23-16-12-15(21)4-6-18(16)27-2/h3-6,8,10-12H,7,9H2,1-2H3,(H,22,25)(H,23,26). The summed E-state index contributed by atoms with van der Waals surface area (Å²) in [6, 6.07) is 13.0. The van der Waals surface area contributed by atoms with Gasteiger partial charge in [0.25, 0.3) is 0 Å². The number of aromatic nitrogens is 1. The zero-order valence-electron chi connectivity index (χ0n) is 15.1. The van der Waals surface area contributed by atoms with E-state index in [1.807, 2.05) is 31.4 Å². The fourth-order valence-corrected chi connectivity index (χ4v) is 3.02. The molecule has 0 atom stereocenters. The number of nitrogens with one attached hydrogen (secondary N) is 2. The molecule has 0 fully saturated rings. The van der Waals surface area contributed by atoms with Crippen LogP contribution in [0.3, 0.4) is 0 Å². The minimum atomic E-state index is -0.769. The van der Waals surface area contributed by atoms with Crippen molar-refractivity contribution in [1.82, 2.24) is 9.88 Å². The molecule has 1 heterocycles. The first-order valence-electron chi connectivity index (χ1n) is 8.44. The van der Waals surface area contributed by atoms with Gasteiger partial charge in [-0.25, -0.2) is 0 Å². The Morgan fingerprint density at radius 1 is 1.11 bits per heavy atom. The number of halogens is 1. The highest BCUT2D eigenvalue weighted by molar-refractivity contribution is 6.40. The summed E-state index contributed by atoms with van der Waals surface area (Å²) >= 11 is 5.92. The molecule has 0 radical (unpaired) electrons. The fourth-order valence-electron chi connectivity index (χ4n) is 2.84. The summed E-state index contributed by atoms with van der Waals surface area (Å²) in [6.07, 6.45) is 2.63. The Bertz CT molecular complexity index is 997. The molecule has 2 aromatic carbocycles. The molecule has 3 rings (SSSR count). The first kappa shape index (κ1) is 18.8. The van der Waals surface area contributed by atoms with E-state index in [1.54, 1.807) is 12.1 Å². The first-order valence-corrected chi connectivity index (χ1v) is 8.82. The van der Waals surface area contributed by atoms with Crippen molar-refractivity contribution < 1.29 is 14.3 Å². The van der Waals surface area contributed by atoms with Gasteiger partial charge in [-0.2, -0.15) is 0 Å². The Morgan fingerprint density at radius 2 is 1.93 bits per heavy atom. The van der Waals surface area contributed by atoms with Crippen LogP contribution < -0.4 is 15.4 Å². The Kier molecular flexibility index (Phi) is 5.66. The molecule has 0 bridgehead atoms. The van der Waals surface area contributed by atoms with Gasteiger partial charge in [-0.15, -0.1) is 0 Å². The second-order valence-electron chi connectivity index (χ2n) is 6.12. The molecule has 0 saturated heterocycles. The molecule has 1 aromatic heterocycles. The number of nitrogens with zero attached hydrogens (tertiary/aromatic N) is 1. The predicted molar refractivity (Wildman–Crippen MR) is 106 cm³/mol. The van der Waals surface area contributed by atoms with E-state index in [1.165, 1.54) is 13.2 Å². The predicted octanol–water partition coefficient (Wildman–Crippen LogP) is 3.14. The topological polar surface area (TPSA) is 72.4 Å². The molecule has 0 unspecified atom stereocenters. The Hall–Kier alpha value is -2.99. The molecule has 0 aliphatic carbocycles. The highest BCUT2D eigenvalue weighted by Crippen LogP contribution is 2.27. The van der Waals surface area contributed by atoms with Gasteiger partial charge in [-0.3, -0.25) is 9.59 Å². The maximum atomic E-state index is 12.1. The van der Waals surface area contributed by atoms with Crippen LogP contribution in [-0.4, -0.2) is 30.0 Å². The van der Waals surface area contributed by atoms with E-state index in [-0.39, 0.29) is 0 Å². The first-order chi connectivity index (χ1) is 13.0. The molecule has 0 saturated carbocycles. The zero-order chi connectivity index (χ0) is 19.4. The number of aryl methyl sites for hydroxylation is 1. The summed E-state index contributed by atoms with van der Waals surface area (Å²) in [6.45, 7) is 0.358. The van der Waals surface area contributed by atoms with Crippen molar-refractivity contribution in [3.63, 3.8) is 0 Å². The number of benzene rings is 2. The van der Waals surface area contributed by atoms with Crippen molar-refractivity contribution in [2.75, 3.05) is 19.0 Å². The third-order valence-electron chi connectivity index (χ3n) is 4.26. The number of rotatable bonds is 5. The molecule has 0 aliphatic heterocycles. The van der Waals surface area contributed by atoms with Crippen molar-refractivity contribution in [2.45, 2.75) is 6.42 Å². The molecular formula is C20H20ClN3O3. The molecule has 2 N–H and O–H groups in total. The van der Waals surface area contributed by atoms with Crippen LogP contribution >= 0.6 is 11.6 Å². The van der Waals surface area contributed by atoms with Crippen LogP contribution in [0.15, 0.2) is 48.7 Å². The number of fused-ring (bicyclic) bond motifs is 1. The lowest BCUT2D eigenvalue weighted by molar-refractivity contribution is -0.136. The summed E-state index contributed by atoms with van der Waals surface area (Å²) in [4.78, 5) is 24.1. The quantitative estimate of drug-likeness (QED) is 0.663. The highest BCUT2D eigenvalue weighted by Gasteiger charge is 2.15. The van der Waals surface area contributed by atoms with E-state index < -0.39 is 11.8 Å². The second-order valence-corrected chi connectivity index (χ2v) is 6.56. The molecular weight excluding hydrogens is 366 g/mol. The normalized spacial score (nSPS) is 10.6. The monoisotopic (exact) mass is 385 g/mol. The van der Waals surface area contributed by atoms with Crippen LogP contribution in [0.5, 0.6) is 5.75 Å². The van der Waals surface area contributed by atoms with E-state index in [9.17, 15) is 9.59 Å². The molecule has 6 nitrogen and oxygen atoms in total. The van der Waals surface area contributed by atoms with Crippen LogP contribution in [0.2, 0.25) is 5.02 Å². The number of anilines is 1. The lowest BCUT2D eigenvalue weighted by atomic mass is 10.1. The van der Waals surface area contributed by atoms with Crippen LogP contribution in [0.1, 0.15) is 5.56 Å². The summed E-state index contributed by atoms with van der Waals surface area (Å²) in [5.41, 5.74) is 2.59. The van der Waals surface area contributed by atoms with Gasteiger partial charge in [0, 0.05) is 30.3 Å². The number of carbonyl (C=O) groups is 2. The van der Waals surface area contributed by atoms with Crippen LogP contribution in [-0.2, 0) is 23.1 Å². The van der Waals surface area contributed by atoms with Crippen LogP contribution in [0.4, 0.5) is 5.69 Å². The molecule has 0 aliphatic rings. The van der Waals surface area contributed by atoms with E-state index >= 15 is 0 Å². The van der Waals surface area contributed by atoms with E-state index in [2.05, 4.69) is 21.3 Å². The van der Waals surface area contributed by atoms with Gasteiger partial charge in [0.1, 0.15) is 5.75 Å². The SMILES string of the molecule is COc1ccc(Cl)cc1NC(=O)C(=O)NCCc1ccc2c(ccn2C)c1. The van der Waals surface area contributed by atoms with Gasteiger partial charge in [0.05, 0.1) is 12.8 Å². The molecule has 7 heteroatoms. The lowest BCUT2D eigenvalue weighted by Crippen LogP contribution is -2.36. The second kappa shape index (κ2) is 8.14. The molecule has 27 heavy (non-hydrogen) atoms. The van der Waals surface area contributed by atoms with Gasteiger partial charge < -0.3 is 19.9 Å². The number of hydrogen-bond acceptors (Lipinski definition) is 3. The lowest BCUT2D eigenvalue weighted by Gasteiger charge is -2.10. The third kappa shape index (κ3) is 4.41. The smallest absolute Gasteiger partial charge is 0.313 e. The Labute approximate surface area is 162 Å². The molecule has 140 valence electrons. The Balaban J connectivity index is 1.55. The van der Waals surface area contributed by atoms with Crippen LogP contribution in [0, 0.1) is 0 Å². The zero-order valence-corrected chi connectivity index (χ0v) is 15.8. The van der Waals surface area contributed by atoms with Crippen molar-refractivity contribution in [2.24, 2.45) is 7.05 Å². The average molecular weight is 386 g/mol. The summed E-state index contributed by atoms with van der Waals surface area (Å²) in [7, 11) is 3.47. The minimum Gasteiger partial charge on any atom is -0.495 e. The van der Waals surface area contributed by atoms with Gasteiger partial charge in [0.2, 0.25) is 0 Å². The van der Waals surface area contributed by atoms with Gasteiger partial charge in [-0.05, 0) is 53.8 Å². The van der Waals surface area contributed by atoms with Crippen molar-refractivity contribution >= 4 is 40.0 Å². The molecule has 0 spiro atoms. The number of methoxy groups -OCH3 is 1. The van der Waals surface area contributed by atoms with E-state index in [4.69, 9.17) is 16.3 Å². The third-order valence-corrected chi connectivity index (χ3v) is 4.50. The summed E-state index contributed by atoms with van der Waals surface area (Å²) < 4.78 is 7.20. The van der Waals surface area contributed by atoms with Crippen molar-refractivity contribution in [1.29, 1.82) is 0 Å². The minimum absolute atomic E-state index is 0.347. The molecule has 2 amide bonds. The molecule has 3 aromatic rings. The van der Waals surface area contributed by atoms with Crippen LogP contribution in [0.25, 0.3) is 10.9 Å². The van der Waals surface area contributed by atoms with E-state index in [0.717, 1.165) is 16.5 Å². The van der Waals surface area contributed by atoms with E-state index in [0.29, 0.717) is 29.4 Å². The summed E-state index contributed by atoms with van der Waals surface area (Å²) in [5.74, 6) is -1.05. The fraction of sp³-hybridized carbons (Fsp3) is 0.200. The number of ether oxygens (including phenoxy) is 1. The number of amides is 2. The van der Waals surface area contributed by atoms with Gasteiger partial charge in [-0.1, -0.05) is 17.7 Å². The Morgan fingerprint density at radius 3 is 2.70 bits per heavy atom. The maximum Gasteiger partial charge on any atom is 0.313 e. The van der Waals surface area contributed by atoms with Gasteiger partial charge in [0.15, 0.2) is 0 Å². The number of hydrogen-bond donors (Lipinski definition) is 2. The van der Waals surface area contributed by atoms with Crippen molar-refractivity contribution in [3.8, 4) is 5.75 Å². The summed E-state index contributed by atoms with van der Waals surface area (Å²) in [5, 5.41) is 6.72. The largest absolute Gasteiger partial charge is 0.495 e. The van der Waals surface area contributed by atoms with Gasteiger partial charge >= 0.3 is 11.8 Å².